The third-order valence-electron chi connectivity index (χ3n) is 4.70. The van der Waals surface area contributed by atoms with Gasteiger partial charge in [-0.3, -0.25) is 0 Å². The van der Waals surface area contributed by atoms with Crippen LogP contribution in [0.3, 0.4) is 0 Å². The van der Waals surface area contributed by atoms with Crippen molar-refractivity contribution in [1.82, 2.24) is 10.2 Å². The monoisotopic (exact) mass is 474 g/mol. The SMILES string of the molecule is CCCS(=O)(=O)c1ccccc1Nc1cnnc(Nc2ccc(P(C)(C)=O)cc2OC)c1. The van der Waals surface area contributed by atoms with E-state index in [0.29, 0.717) is 40.4 Å². The summed E-state index contributed by atoms with van der Waals surface area (Å²) in [4.78, 5) is 0.244. The molecule has 3 aromatic rings. The molecule has 0 aliphatic rings. The van der Waals surface area contributed by atoms with E-state index < -0.39 is 17.0 Å². The number of methoxy groups -OCH3 is 1. The number of nitrogens with one attached hydrogen (secondary N) is 2. The maximum Gasteiger partial charge on any atom is 0.180 e. The zero-order valence-corrected chi connectivity index (χ0v) is 20.2. The highest BCUT2D eigenvalue weighted by atomic mass is 32.2. The molecule has 1 aromatic heterocycles. The van der Waals surface area contributed by atoms with Crippen LogP contribution in [0.2, 0.25) is 0 Å². The van der Waals surface area contributed by atoms with E-state index in [9.17, 15) is 13.0 Å². The summed E-state index contributed by atoms with van der Waals surface area (Å²) in [6, 6.07) is 13.8. The van der Waals surface area contributed by atoms with Crippen molar-refractivity contribution in [3.05, 3.63) is 54.7 Å². The molecule has 0 amide bonds. The Morgan fingerprint density at radius 2 is 1.78 bits per heavy atom. The minimum atomic E-state index is -3.40. The van der Waals surface area contributed by atoms with Gasteiger partial charge >= 0.3 is 0 Å². The van der Waals surface area contributed by atoms with Crippen LogP contribution in [0.25, 0.3) is 0 Å². The number of rotatable bonds is 9. The average molecular weight is 475 g/mol. The highest BCUT2D eigenvalue weighted by Gasteiger charge is 2.18. The van der Waals surface area contributed by atoms with Crippen molar-refractivity contribution in [2.75, 3.05) is 36.8 Å². The van der Waals surface area contributed by atoms with Crippen molar-refractivity contribution in [2.24, 2.45) is 0 Å². The van der Waals surface area contributed by atoms with Crippen molar-refractivity contribution in [2.45, 2.75) is 18.2 Å². The van der Waals surface area contributed by atoms with Crippen LogP contribution in [0.5, 0.6) is 5.75 Å². The lowest BCUT2D eigenvalue weighted by Gasteiger charge is -2.15. The molecule has 1 heterocycles. The van der Waals surface area contributed by atoms with E-state index in [1.165, 1.54) is 13.3 Å². The van der Waals surface area contributed by atoms with Crippen molar-refractivity contribution in [3.63, 3.8) is 0 Å². The Kier molecular flexibility index (Phi) is 7.21. The van der Waals surface area contributed by atoms with E-state index in [2.05, 4.69) is 20.8 Å². The summed E-state index contributed by atoms with van der Waals surface area (Å²) in [5.41, 5.74) is 1.69. The van der Waals surface area contributed by atoms with Gasteiger partial charge in [0.25, 0.3) is 0 Å². The molecule has 3 rings (SSSR count). The van der Waals surface area contributed by atoms with Crippen LogP contribution in [-0.2, 0) is 14.4 Å². The van der Waals surface area contributed by atoms with Crippen molar-refractivity contribution in [1.29, 1.82) is 0 Å². The first-order valence-corrected chi connectivity index (χ1v) is 14.3. The van der Waals surface area contributed by atoms with E-state index in [0.717, 1.165) is 0 Å². The Balaban J connectivity index is 1.88. The predicted molar refractivity (Wildman–Crippen MR) is 129 cm³/mol. The van der Waals surface area contributed by atoms with Crippen LogP contribution in [-0.4, -0.2) is 44.8 Å². The topological polar surface area (TPSA) is 110 Å². The average Bonchev–Trinajstić information content (AvgIpc) is 2.74. The van der Waals surface area contributed by atoms with Gasteiger partial charge in [-0.05, 0) is 50.1 Å². The summed E-state index contributed by atoms with van der Waals surface area (Å²) in [5, 5.41) is 15.1. The van der Waals surface area contributed by atoms with E-state index in [1.807, 2.05) is 6.92 Å². The fourth-order valence-corrected chi connectivity index (χ4v) is 5.49. The van der Waals surface area contributed by atoms with E-state index in [1.54, 1.807) is 61.9 Å². The molecule has 0 aliphatic carbocycles. The van der Waals surface area contributed by atoms with Crippen molar-refractivity contribution < 1.29 is 17.7 Å². The van der Waals surface area contributed by atoms with Gasteiger partial charge in [-0.2, -0.15) is 5.10 Å². The van der Waals surface area contributed by atoms with Crippen LogP contribution < -0.4 is 20.7 Å². The number of nitrogens with zero attached hydrogens (tertiary/aromatic N) is 2. The van der Waals surface area contributed by atoms with Gasteiger partial charge in [-0.25, -0.2) is 8.42 Å². The number of aromatic nitrogens is 2. The Morgan fingerprint density at radius 1 is 1.03 bits per heavy atom. The number of anilines is 4. The smallest absolute Gasteiger partial charge is 0.180 e. The first-order valence-electron chi connectivity index (χ1n) is 10.1. The molecule has 0 radical (unpaired) electrons. The highest BCUT2D eigenvalue weighted by Crippen LogP contribution is 2.38. The molecule has 0 saturated carbocycles. The minimum Gasteiger partial charge on any atom is -0.495 e. The number of hydrogen-bond donors (Lipinski definition) is 2. The number of ether oxygens (including phenoxy) is 1. The summed E-state index contributed by atoms with van der Waals surface area (Å²) < 4.78 is 43.0. The van der Waals surface area contributed by atoms with Crippen LogP contribution in [0, 0.1) is 0 Å². The fourth-order valence-electron chi connectivity index (χ4n) is 3.13. The van der Waals surface area contributed by atoms with Gasteiger partial charge < -0.3 is 19.9 Å². The summed E-state index contributed by atoms with van der Waals surface area (Å²) >= 11 is 0. The Hall–Kier alpha value is -2.90. The largest absolute Gasteiger partial charge is 0.495 e. The predicted octanol–water partition coefficient (Wildman–Crippen LogP) is 4.40. The molecule has 32 heavy (non-hydrogen) atoms. The second-order valence-electron chi connectivity index (χ2n) is 7.63. The van der Waals surface area contributed by atoms with Gasteiger partial charge in [0.15, 0.2) is 15.7 Å². The van der Waals surface area contributed by atoms with Crippen LogP contribution in [0.1, 0.15) is 13.3 Å². The second kappa shape index (κ2) is 9.71. The molecule has 10 heteroatoms. The molecule has 170 valence electrons. The molecule has 0 unspecified atom stereocenters. The third kappa shape index (κ3) is 5.66. The van der Waals surface area contributed by atoms with Gasteiger partial charge in [-0.1, -0.05) is 19.1 Å². The molecule has 2 aromatic carbocycles. The maximum absolute atomic E-state index is 12.6. The van der Waals surface area contributed by atoms with Crippen LogP contribution >= 0.6 is 7.14 Å². The van der Waals surface area contributed by atoms with Gasteiger partial charge in [0.05, 0.1) is 41.0 Å². The molecule has 2 N–H and O–H groups in total. The van der Waals surface area contributed by atoms with Gasteiger partial charge in [-0.15, -0.1) is 5.10 Å². The standard InChI is InChI=1S/C22H27N4O4PS/c1-5-12-32(28,29)21-9-7-6-8-19(21)24-16-13-22(26-23-15-16)25-18-11-10-17(31(3,4)27)14-20(18)30-2/h6-11,13-15H,5,12H2,1-4H3,(H2,24,25,26). The molecule has 0 atom stereocenters. The van der Waals surface area contributed by atoms with E-state index in [-0.39, 0.29) is 10.6 Å². The second-order valence-corrected chi connectivity index (χ2v) is 12.9. The molecule has 0 fully saturated rings. The summed E-state index contributed by atoms with van der Waals surface area (Å²) in [6.45, 7) is 5.24. The Labute approximate surface area is 188 Å². The zero-order chi connectivity index (χ0) is 23.4. The zero-order valence-electron chi connectivity index (χ0n) is 18.5. The summed E-state index contributed by atoms with van der Waals surface area (Å²) in [7, 11) is -4.28. The van der Waals surface area contributed by atoms with E-state index >= 15 is 0 Å². The molecule has 8 nitrogen and oxygen atoms in total. The number of sulfone groups is 1. The third-order valence-corrected chi connectivity index (χ3v) is 8.19. The maximum atomic E-state index is 12.6. The Morgan fingerprint density at radius 3 is 2.47 bits per heavy atom. The molecular formula is C22H27N4O4PS. The lowest BCUT2D eigenvalue weighted by Crippen LogP contribution is -2.09. The molecule has 0 spiro atoms. The molecule has 0 aliphatic heterocycles. The molecular weight excluding hydrogens is 447 g/mol. The van der Waals surface area contributed by atoms with Crippen LogP contribution in [0.4, 0.5) is 22.9 Å². The lowest BCUT2D eigenvalue weighted by molar-refractivity contribution is 0.417. The van der Waals surface area contributed by atoms with Gasteiger partial charge in [0.2, 0.25) is 0 Å². The Bertz CT molecular complexity index is 1260. The highest BCUT2D eigenvalue weighted by molar-refractivity contribution is 7.91. The first-order chi connectivity index (χ1) is 15.1. The van der Waals surface area contributed by atoms with Crippen LogP contribution in [0.15, 0.2) is 59.6 Å². The normalized spacial score (nSPS) is 11.8. The number of para-hydroxylation sites is 1. The number of benzene rings is 2. The van der Waals surface area contributed by atoms with Crippen molar-refractivity contribution >= 4 is 45.2 Å². The fraction of sp³-hybridized carbons (Fsp3) is 0.273. The van der Waals surface area contributed by atoms with Gasteiger partial charge in [0.1, 0.15) is 12.9 Å². The summed E-state index contributed by atoms with van der Waals surface area (Å²) in [6.07, 6.45) is 2.05. The van der Waals surface area contributed by atoms with Gasteiger partial charge in [0, 0.05) is 11.4 Å². The minimum absolute atomic E-state index is 0.0747. The molecule has 0 bridgehead atoms. The van der Waals surface area contributed by atoms with Crippen molar-refractivity contribution in [3.8, 4) is 5.75 Å². The number of hydrogen-bond acceptors (Lipinski definition) is 8. The summed E-state index contributed by atoms with van der Waals surface area (Å²) in [5.74, 6) is 1.04. The lowest BCUT2D eigenvalue weighted by atomic mass is 10.3. The van der Waals surface area contributed by atoms with E-state index in [4.69, 9.17) is 4.74 Å². The first kappa shape index (κ1) is 23.8. The molecule has 0 saturated heterocycles. The quantitative estimate of drug-likeness (QED) is 0.439.